The molecule has 1 aromatic rings. The Morgan fingerprint density at radius 2 is 2.03 bits per heavy atom. The van der Waals surface area contributed by atoms with E-state index in [2.05, 4.69) is 6.92 Å². The topological polar surface area (TPSA) is 65.0 Å². The smallest absolute Gasteiger partial charge is 0.315 e. The number of esters is 1. The number of hydrogen-bond donors (Lipinski definition) is 0. The number of Topliss-reactive ketones (excluding diaryl/α,β-unsaturated/α-hetero) is 1. The molecule has 0 bridgehead atoms. The maximum atomic E-state index is 13.2. The first kappa shape index (κ1) is 22.6. The largest absolute Gasteiger partial charge is 0.491 e. The van der Waals surface area contributed by atoms with Crippen molar-refractivity contribution >= 4 is 29.2 Å². The van der Waals surface area contributed by atoms with Gasteiger partial charge in [-0.3, -0.25) is 14.6 Å². The molecule has 0 spiro atoms. The van der Waals surface area contributed by atoms with Gasteiger partial charge in [-0.1, -0.05) is 25.1 Å². The van der Waals surface area contributed by atoms with Gasteiger partial charge in [0.15, 0.2) is 5.78 Å². The summed E-state index contributed by atoms with van der Waals surface area (Å²) in [6, 6.07) is 7.71. The van der Waals surface area contributed by atoms with Crippen LogP contribution in [0.25, 0.3) is 0 Å². The molecule has 2 atom stereocenters. The van der Waals surface area contributed by atoms with Crippen LogP contribution < -0.4 is 4.74 Å². The van der Waals surface area contributed by atoms with E-state index in [0.29, 0.717) is 30.1 Å². The van der Waals surface area contributed by atoms with E-state index >= 15 is 0 Å². The van der Waals surface area contributed by atoms with Gasteiger partial charge in [0.1, 0.15) is 18.3 Å². The molecule has 1 unspecified atom stereocenters. The minimum absolute atomic E-state index is 0.0171. The van der Waals surface area contributed by atoms with E-state index in [-0.39, 0.29) is 17.9 Å². The van der Waals surface area contributed by atoms with Gasteiger partial charge >= 0.3 is 5.97 Å². The first-order chi connectivity index (χ1) is 14.4. The summed E-state index contributed by atoms with van der Waals surface area (Å²) in [6.45, 7) is 8.25. The number of benzene rings is 1. The van der Waals surface area contributed by atoms with Gasteiger partial charge in [-0.25, -0.2) is 0 Å². The van der Waals surface area contributed by atoms with E-state index in [1.807, 2.05) is 45.0 Å². The SMILES string of the molecule is CCSCCOC(=O)C1C(C)=NC2=C(C(=O)CCC2)[C@H]1c1ccccc1OC(C)C. The molecule has 1 aliphatic carbocycles. The molecule has 1 heterocycles. The van der Waals surface area contributed by atoms with E-state index < -0.39 is 11.8 Å². The Balaban J connectivity index is 2.04. The lowest BCUT2D eigenvalue weighted by atomic mass is 9.71. The Morgan fingerprint density at radius 3 is 2.77 bits per heavy atom. The third-order valence-electron chi connectivity index (χ3n) is 5.38. The van der Waals surface area contributed by atoms with Crippen LogP contribution in [0.15, 0.2) is 40.5 Å². The number of carbonyl (C=O) groups is 2. The van der Waals surface area contributed by atoms with E-state index in [9.17, 15) is 9.59 Å². The number of hydrogen-bond acceptors (Lipinski definition) is 6. The quantitative estimate of drug-likeness (QED) is 0.432. The van der Waals surface area contributed by atoms with Crippen molar-refractivity contribution in [2.24, 2.45) is 10.9 Å². The second-order valence-electron chi connectivity index (χ2n) is 7.91. The van der Waals surface area contributed by atoms with Gasteiger partial charge in [0.2, 0.25) is 0 Å². The molecule has 5 nitrogen and oxygen atoms in total. The normalized spacial score (nSPS) is 21.4. The zero-order valence-electron chi connectivity index (χ0n) is 18.3. The number of ketones is 1. The van der Waals surface area contributed by atoms with Crippen LogP contribution in [0.1, 0.15) is 58.4 Å². The zero-order valence-corrected chi connectivity index (χ0v) is 19.1. The van der Waals surface area contributed by atoms with E-state index in [1.54, 1.807) is 11.8 Å². The van der Waals surface area contributed by atoms with Crippen LogP contribution in [-0.4, -0.2) is 41.7 Å². The molecule has 1 aliphatic heterocycles. The number of thioether (sulfide) groups is 1. The average Bonchev–Trinajstić information content (AvgIpc) is 2.70. The fraction of sp³-hybridized carbons (Fsp3) is 0.542. The lowest BCUT2D eigenvalue weighted by molar-refractivity contribution is -0.145. The molecule has 3 rings (SSSR count). The summed E-state index contributed by atoms with van der Waals surface area (Å²) >= 11 is 1.73. The highest BCUT2D eigenvalue weighted by atomic mass is 32.2. The summed E-state index contributed by atoms with van der Waals surface area (Å²) in [7, 11) is 0. The van der Waals surface area contributed by atoms with Gasteiger partial charge < -0.3 is 9.47 Å². The third-order valence-corrected chi connectivity index (χ3v) is 6.24. The molecule has 6 heteroatoms. The zero-order chi connectivity index (χ0) is 21.7. The molecule has 2 aliphatic rings. The minimum atomic E-state index is -0.616. The second-order valence-corrected chi connectivity index (χ2v) is 9.31. The van der Waals surface area contributed by atoms with Gasteiger partial charge in [0.05, 0.1) is 6.10 Å². The third kappa shape index (κ3) is 4.97. The predicted octanol–water partition coefficient (Wildman–Crippen LogP) is 4.95. The van der Waals surface area contributed by atoms with Gasteiger partial charge in [-0.15, -0.1) is 0 Å². The average molecular weight is 430 g/mol. The van der Waals surface area contributed by atoms with Gasteiger partial charge in [0.25, 0.3) is 0 Å². The van der Waals surface area contributed by atoms with Crippen LogP contribution in [0, 0.1) is 5.92 Å². The summed E-state index contributed by atoms with van der Waals surface area (Å²) < 4.78 is 11.7. The van der Waals surface area contributed by atoms with Gasteiger partial charge in [0, 0.05) is 40.6 Å². The molecule has 0 saturated carbocycles. The summed E-state index contributed by atoms with van der Waals surface area (Å²) in [5.41, 5.74) is 3.05. The summed E-state index contributed by atoms with van der Waals surface area (Å²) in [5.74, 6) is 1.17. The molecule has 30 heavy (non-hydrogen) atoms. The van der Waals surface area contributed by atoms with Crippen molar-refractivity contribution in [3.8, 4) is 5.75 Å². The van der Waals surface area contributed by atoms with Crippen LogP contribution in [-0.2, 0) is 14.3 Å². The summed E-state index contributed by atoms with van der Waals surface area (Å²) in [4.78, 5) is 30.9. The minimum Gasteiger partial charge on any atom is -0.491 e. The Labute approximate surface area is 183 Å². The van der Waals surface area contributed by atoms with Crippen molar-refractivity contribution < 1.29 is 19.1 Å². The number of nitrogens with zero attached hydrogens (tertiary/aromatic N) is 1. The fourth-order valence-corrected chi connectivity index (χ4v) is 4.67. The maximum Gasteiger partial charge on any atom is 0.315 e. The van der Waals surface area contributed by atoms with E-state index in [4.69, 9.17) is 14.5 Å². The van der Waals surface area contributed by atoms with Crippen molar-refractivity contribution in [3.05, 3.63) is 41.1 Å². The summed E-state index contributed by atoms with van der Waals surface area (Å²) in [6.07, 6.45) is 2.04. The molecule has 0 radical (unpaired) electrons. The number of rotatable bonds is 8. The van der Waals surface area contributed by atoms with Crippen molar-refractivity contribution in [1.82, 2.24) is 0 Å². The number of carbonyl (C=O) groups excluding carboxylic acids is 2. The molecular formula is C24H31NO4S. The lowest BCUT2D eigenvalue weighted by Gasteiger charge is -2.35. The number of aliphatic imine (C=N–C) groups is 1. The highest BCUT2D eigenvalue weighted by molar-refractivity contribution is 7.99. The first-order valence-electron chi connectivity index (χ1n) is 10.7. The van der Waals surface area contributed by atoms with Crippen LogP contribution in [0.2, 0.25) is 0 Å². The molecule has 0 aromatic heterocycles. The maximum absolute atomic E-state index is 13.2. The molecule has 162 valence electrons. The first-order valence-corrected chi connectivity index (χ1v) is 11.9. The lowest BCUT2D eigenvalue weighted by Crippen LogP contribution is -2.37. The molecule has 0 saturated heterocycles. The Kier molecular flexibility index (Phi) is 7.75. The van der Waals surface area contributed by atoms with E-state index in [1.165, 1.54) is 0 Å². The highest BCUT2D eigenvalue weighted by Crippen LogP contribution is 2.46. The highest BCUT2D eigenvalue weighted by Gasteiger charge is 2.44. The number of allylic oxidation sites excluding steroid dienone is 2. The van der Waals surface area contributed by atoms with Crippen LogP contribution in [0.5, 0.6) is 5.75 Å². The predicted molar refractivity (Wildman–Crippen MR) is 121 cm³/mol. The van der Waals surface area contributed by atoms with Crippen molar-refractivity contribution in [3.63, 3.8) is 0 Å². The van der Waals surface area contributed by atoms with Crippen LogP contribution >= 0.6 is 11.8 Å². The fourth-order valence-electron chi connectivity index (χ4n) is 4.18. The number of ether oxygens (including phenoxy) is 2. The van der Waals surface area contributed by atoms with Gasteiger partial charge in [-0.2, -0.15) is 11.8 Å². The molecular weight excluding hydrogens is 398 g/mol. The number of para-hydroxylation sites is 1. The molecule has 0 N–H and O–H groups in total. The van der Waals surface area contributed by atoms with Gasteiger partial charge in [-0.05, 0) is 45.4 Å². The molecule has 1 aromatic carbocycles. The molecule has 0 fully saturated rings. The van der Waals surface area contributed by atoms with Crippen LogP contribution in [0.4, 0.5) is 0 Å². The van der Waals surface area contributed by atoms with Crippen molar-refractivity contribution in [2.75, 3.05) is 18.1 Å². The Hall–Kier alpha value is -2.08. The van der Waals surface area contributed by atoms with E-state index in [0.717, 1.165) is 35.6 Å². The van der Waals surface area contributed by atoms with Crippen LogP contribution in [0.3, 0.4) is 0 Å². The monoisotopic (exact) mass is 429 g/mol. The molecule has 0 amide bonds. The second kappa shape index (κ2) is 10.3. The van der Waals surface area contributed by atoms with Crippen molar-refractivity contribution in [1.29, 1.82) is 0 Å². The Morgan fingerprint density at radius 1 is 1.27 bits per heavy atom. The summed E-state index contributed by atoms with van der Waals surface area (Å²) in [5, 5.41) is 0. The standard InChI is InChI=1S/C24H31NO4S/c1-5-30-14-13-28-24(27)21-16(4)25-18-10-8-11-19(26)23(18)22(21)17-9-6-7-12-20(17)29-15(2)3/h6-7,9,12,15,21-22H,5,8,10-11,13-14H2,1-4H3/t21?,22-/m0/s1. The Bertz CT molecular complexity index is 859. The van der Waals surface area contributed by atoms with Crippen molar-refractivity contribution in [2.45, 2.75) is 59.0 Å².